The topological polar surface area (TPSA) is 72.9 Å². The fourth-order valence-electron chi connectivity index (χ4n) is 2.59. The Labute approximate surface area is 149 Å². The lowest BCUT2D eigenvalue weighted by molar-refractivity contribution is -0.182. The molecule has 2 amide bonds. The summed E-state index contributed by atoms with van der Waals surface area (Å²) in [6, 6.07) is 6.44. The number of rotatable bonds is 4. The molecule has 0 atom stereocenters. The van der Waals surface area contributed by atoms with E-state index in [0.717, 1.165) is 19.4 Å². The van der Waals surface area contributed by atoms with E-state index in [0.29, 0.717) is 32.7 Å². The van der Waals surface area contributed by atoms with Crippen LogP contribution in [-0.4, -0.2) is 64.8 Å². The zero-order valence-corrected chi connectivity index (χ0v) is 14.6. The number of nitrogens with one attached hydrogen (secondary N) is 1. The van der Waals surface area contributed by atoms with Gasteiger partial charge < -0.3 is 15.3 Å². The number of benzene rings is 1. The van der Waals surface area contributed by atoms with Crippen molar-refractivity contribution >= 4 is 12.0 Å². The summed E-state index contributed by atoms with van der Waals surface area (Å²) in [5, 5.41) is 11.0. The molecule has 1 aromatic rings. The lowest BCUT2D eigenvalue weighted by atomic mass is 10.0. The van der Waals surface area contributed by atoms with Crippen LogP contribution in [0.15, 0.2) is 24.3 Å². The number of nitrogens with zero attached hydrogens (tertiary/aromatic N) is 2. The summed E-state index contributed by atoms with van der Waals surface area (Å²) in [5.41, 5.74) is -1.39. The number of carboxylic acid groups (broad SMARTS) is 1. The van der Waals surface area contributed by atoms with E-state index in [-0.39, 0.29) is 5.56 Å². The van der Waals surface area contributed by atoms with E-state index >= 15 is 0 Å². The third kappa shape index (κ3) is 4.87. The van der Waals surface area contributed by atoms with Gasteiger partial charge >= 0.3 is 12.3 Å². The number of piperazine rings is 1. The number of carbonyl (C=O) groups excluding carboxylic acids is 1. The number of alkyl halides is 3. The molecule has 0 unspecified atom stereocenters. The van der Waals surface area contributed by atoms with E-state index in [9.17, 15) is 22.8 Å². The average molecular weight is 373 g/mol. The Balaban J connectivity index is 2.00. The van der Waals surface area contributed by atoms with Crippen molar-refractivity contribution in [3.05, 3.63) is 35.4 Å². The first-order valence-corrected chi connectivity index (χ1v) is 8.18. The number of carbonyl (C=O) groups is 2. The number of halogens is 3. The van der Waals surface area contributed by atoms with Gasteiger partial charge in [-0.25, -0.2) is 4.79 Å². The molecule has 1 aromatic carbocycles. The van der Waals surface area contributed by atoms with E-state index in [4.69, 9.17) is 5.11 Å². The minimum atomic E-state index is -4.55. The second-order valence-electron chi connectivity index (χ2n) is 6.82. The zero-order chi connectivity index (χ0) is 19.5. The predicted octanol–water partition coefficient (Wildman–Crippen LogP) is 2.55. The molecule has 1 aliphatic heterocycles. The average Bonchev–Trinajstić information content (AvgIpc) is 2.54. The number of hydrogen-bond donors (Lipinski definition) is 2. The van der Waals surface area contributed by atoms with Gasteiger partial charge in [-0.15, -0.1) is 0 Å². The molecule has 0 bridgehead atoms. The van der Waals surface area contributed by atoms with Crippen LogP contribution in [0, 0.1) is 0 Å². The van der Waals surface area contributed by atoms with Gasteiger partial charge in [0.1, 0.15) is 5.54 Å². The fraction of sp³-hybridized carbons (Fsp3) is 0.529. The lowest BCUT2D eigenvalue weighted by Gasteiger charge is -2.33. The Morgan fingerprint density at radius 2 is 1.77 bits per heavy atom. The Hall–Kier alpha value is -2.29. The highest BCUT2D eigenvalue weighted by Crippen LogP contribution is 2.29. The van der Waals surface area contributed by atoms with Crippen LogP contribution >= 0.6 is 0 Å². The molecule has 1 aliphatic rings. The quantitative estimate of drug-likeness (QED) is 0.851. The molecule has 1 saturated heterocycles. The van der Waals surface area contributed by atoms with Crippen molar-refractivity contribution in [3.63, 3.8) is 0 Å². The third-order valence-corrected chi connectivity index (χ3v) is 4.37. The standard InChI is InChI=1S/C17H22F3N3O3/c1-16(2,17(18,19)20)21-14(24)13-5-3-4-12(10-13)11-22-6-8-23(9-7-22)15(25)26/h3-5,10H,6-9,11H2,1-2H3,(H,21,24)(H,25,26). The molecule has 0 saturated carbocycles. The largest absolute Gasteiger partial charge is 0.465 e. The molecule has 0 radical (unpaired) electrons. The van der Waals surface area contributed by atoms with E-state index in [2.05, 4.69) is 0 Å². The monoisotopic (exact) mass is 373 g/mol. The smallest absolute Gasteiger partial charge is 0.410 e. The van der Waals surface area contributed by atoms with Crippen molar-refractivity contribution < 1.29 is 27.9 Å². The first-order valence-electron chi connectivity index (χ1n) is 8.18. The van der Waals surface area contributed by atoms with Gasteiger partial charge in [-0.3, -0.25) is 9.69 Å². The van der Waals surface area contributed by atoms with Gasteiger partial charge in [-0.1, -0.05) is 12.1 Å². The summed E-state index contributed by atoms with van der Waals surface area (Å²) < 4.78 is 38.8. The molecule has 9 heteroatoms. The van der Waals surface area contributed by atoms with Gasteiger partial charge in [-0.05, 0) is 31.5 Å². The fourth-order valence-corrected chi connectivity index (χ4v) is 2.59. The van der Waals surface area contributed by atoms with Crippen molar-refractivity contribution in [2.45, 2.75) is 32.1 Å². The van der Waals surface area contributed by atoms with E-state index in [1.807, 2.05) is 10.2 Å². The highest BCUT2D eigenvalue weighted by atomic mass is 19.4. The maximum atomic E-state index is 12.9. The molecule has 26 heavy (non-hydrogen) atoms. The Kier molecular flexibility index (Phi) is 5.80. The third-order valence-electron chi connectivity index (χ3n) is 4.37. The highest BCUT2D eigenvalue weighted by molar-refractivity contribution is 5.94. The SMILES string of the molecule is CC(C)(NC(=O)c1cccc(CN2CCN(C(=O)O)CC2)c1)C(F)(F)F. The van der Waals surface area contributed by atoms with Crippen LogP contribution in [0.25, 0.3) is 0 Å². The molecule has 2 rings (SSSR count). The van der Waals surface area contributed by atoms with Gasteiger partial charge in [0.15, 0.2) is 0 Å². The highest BCUT2D eigenvalue weighted by Gasteiger charge is 2.48. The minimum Gasteiger partial charge on any atom is -0.465 e. The molecule has 6 nitrogen and oxygen atoms in total. The molecule has 0 aromatic heterocycles. The summed E-state index contributed by atoms with van der Waals surface area (Å²) >= 11 is 0. The summed E-state index contributed by atoms with van der Waals surface area (Å²) in [5.74, 6) is -0.787. The van der Waals surface area contributed by atoms with Crippen molar-refractivity contribution in [2.24, 2.45) is 0 Å². The number of amides is 2. The first-order chi connectivity index (χ1) is 12.0. The maximum Gasteiger partial charge on any atom is 0.410 e. The minimum absolute atomic E-state index is 0.156. The normalized spacial score (nSPS) is 16.4. The Bertz CT molecular complexity index is 669. The van der Waals surface area contributed by atoms with Gasteiger partial charge in [0, 0.05) is 38.3 Å². The molecule has 2 N–H and O–H groups in total. The summed E-state index contributed by atoms with van der Waals surface area (Å²) in [7, 11) is 0. The predicted molar refractivity (Wildman–Crippen MR) is 88.9 cm³/mol. The van der Waals surface area contributed by atoms with Crippen molar-refractivity contribution in [1.82, 2.24) is 15.1 Å². The van der Waals surface area contributed by atoms with E-state index in [1.54, 1.807) is 18.2 Å². The molecule has 144 valence electrons. The van der Waals surface area contributed by atoms with E-state index in [1.165, 1.54) is 11.0 Å². The molecule has 1 fully saturated rings. The second kappa shape index (κ2) is 7.53. The van der Waals surface area contributed by atoms with Crippen LogP contribution in [0.2, 0.25) is 0 Å². The van der Waals surface area contributed by atoms with Crippen LogP contribution in [0.5, 0.6) is 0 Å². The second-order valence-corrected chi connectivity index (χ2v) is 6.82. The summed E-state index contributed by atoms with van der Waals surface area (Å²) in [6.07, 6.45) is -5.50. The summed E-state index contributed by atoms with van der Waals surface area (Å²) in [6.45, 7) is 4.24. The van der Waals surface area contributed by atoms with Crippen molar-refractivity contribution in [1.29, 1.82) is 0 Å². The molecular weight excluding hydrogens is 351 g/mol. The van der Waals surface area contributed by atoms with Gasteiger partial charge in [0.2, 0.25) is 0 Å². The van der Waals surface area contributed by atoms with Crippen molar-refractivity contribution in [3.8, 4) is 0 Å². The van der Waals surface area contributed by atoms with Crippen LogP contribution < -0.4 is 5.32 Å². The molecule has 0 spiro atoms. The first kappa shape index (κ1) is 20.0. The van der Waals surface area contributed by atoms with E-state index < -0.39 is 23.7 Å². The van der Waals surface area contributed by atoms with Crippen LogP contribution in [-0.2, 0) is 6.54 Å². The van der Waals surface area contributed by atoms with Gasteiger partial charge in [-0.2, -0.15) is 13.2 Å². The van der Waals surface area contributed by atoms with Gasteiger partial charge in [0.25, 0.3) is 5.91 Å². The lowest BCUT2D eigenvalue weighted by Crippen LogP contribution is -2.54. The van der Waals surface area contributed by atoms with Crippen molar-refractivity contribution in [2.75, 3.05) is 26.2 Å². The van der Waals surface area contributed by atoms with Crippen LogP contribution in [0.3, 0.4) is 0 Å². The molecule has 1 heterocycles. The Morgan fingerprint density at radius 3 is 2.31 bits per heavy atom. The Morgan fingerprint density at radius 1 is 1.15 bits per heavy atom. The maximum absolute atomic E-state index is 12.9. The number of hydrogen-bond acceptors (Lipinski definition) is 3. The molecule has 0 aliphatic carbocycles. The van der Waals surface area contributed by atoms with Crippen LogP contribution in [0.1, 0.15) is 29.8 Å². The van der Waals surface area contributed by atoms with Gasteiger partial charge in [0.05, 0.1) is 0 Å². The van der Waals surface area contributed by atoms with Crippen LogP contribution in [0.4, 0.5) is 18.0 Å². The molecular formula is C17H22F3N3O3. The summed E-state index contributed by atoms with van der Waals surface area (Å²) in [4.78, 5) is 26.4. The zero-order valence-electron chi connectivity index (χ0n) is 14.6.